The van der Waals surface area contributed by atoms with Crippen LogP contribution in [-0.2, 0) is 0 Å². The summed E-state index contributed by atoms with van der Waals surface area (Å²) in [5.74, 6) is 7.84. The van der Waals surface area contributed by atoms with Crippen LogP contribution in [0.25, 0.3) is 0 Å². The Morgan fingerprint density at radius 2 is 2.32 bits per heavy atom. The summed E-state index contributed by atoms with van der Waals surface area (Å²) in [5.41, 5.74) is 2.35. The summed E-state index contributed by atoms with van der Waals surface area (Å²) in [6, 6.07) is 0. The van der Waals surface area contributed by atoms with E-state index in [2.05, 4.69) is 15.4 Å². The molecule has 1 aromatic heterocycles. The molecule has 0 aliphatic heterocycles. The number of rotatable bonds is 4. The van der Waals surface area contributed by atoms with Crippen LogP contribution in [0.5, 0.6) is 0 Å². The van der Waals surface area contributed by atoms with E-state index in [0.717, 1.165) is 24.6 Å². The molecule has 3 N–H and O–H groups in total. The maximum atomic E-state index is 13.8. The first-order valence-electron chi connectivity index (χ1n) is 6.87. The van der Waals surface area contributed by atoms with Gasteiger partial charge in [0.25, 0.3) is 0 Å². The Labute approximate surface area is 112 Å². The molecule has 19 heavy (non-hydrogen) atoms. The Morgan fingerprint density at radius 1 is 1.47 bits per heavy atom. The van der Waals surface area contributed by atoms with Gasteiger partial charge in [-0.2, -0.15) is 4.98 Å². The third-order valence-corrected chi connectivity index (χ3v) is 4.61. The van der Waals surface area contributed by atoms with Crippen LogP contribution in [0.3, 0.4) is 0 Å². The highest BCUT2D eigenvalue weighted by atomic mass is 19.1. The lowest BCUT2D eigenvalue weighted by Crippen LogP contribution is -2.30. The molecule has 0 saturated heterocycles. The molecule has 6 heteroatoms. The van der Waals surface area contributed by atoms with Gasteiger partial charge in [-0.25, -0.2) is 15.2 Å². The van der Waals surface area contributed by atoms with Crippen LogP contribution >= 0.6 is 0 Å². The van der Waals surface area contributed by atoms with E-state index < -0.39 is 5.82 Å². The number of nitrogen functional groups attached to an aromatic ring is 1. The van der Waals surface area contributed by atoms with Crippen molar-refractivity contribution in [2.75, 3.05) is 23.9 Å². The van der Waals surface area contributed by atoms with E-state index in [1.807, 2.05) is 11.9 Å². The van der Waals surface area contributed by atoms with E-state index in [0.29, 0.717) is 11.7 Å². The van der Waals surface area contributed by atoms with Crippen molar-refractivity contribution in [1.29, 1.82) is 0 Å². The van der Waals surface area contributed by atoms with Gasteiger partial charge in [0, 0.05) is 13.6 Å². The minimum Gasteiger partial charge on any atom is -0.357 e. The fourth-order valence-electron chi connectivity index (χ4n) is 3.73. The second kappa shape index (κ2) is 4.92. The zero-order valence-corrected chi connectivity index (χ0v) is 11.1. The largest absolute Gasteiger partial charge is 0.357 e. The van der Waals surface area contributed by atoms with Crippen molar-refractivity contribution < 1.29 is 4.39 Å². The van der Waals surface area contributed by atoms with E-state index >= 15 is 0 Å². The molecule has 0 spiro atoms. The third kappa shape index (κ3) is 2.36. The molecule has 2 fully saturated rings. The van der Waals surface area contributed by atoms with Crippen molar-refractivity contribution in [3.63, 3.8) is 0 Å². The molecule has 104 valence electrons. The van der Waals surface area contributed by atoms with Gasteiger partial charge in [0.2, 0.25) is 5.95 Å². The van der Waals surface area contributed by atoms with Gasteiger partial charge < -0.3 is 4.90 Å². The normalized spacial score (nSPS) is 28.7. The van der Waals surface area contributed by atoms with Crippen LogP contribution in [-0.4, -0.2) is 23.6 Å². The lowest BCUT2D eigenvalue weighted by Gasteiger charge is -2.28. The summed E-state index contributed by atoms with van der Waals surface area (Å²) in [7, 11) is 1.89. The molecule has 2 aliphatic rings. The van der Waals surface area contributed by atoms with E-state index in [-0.39, 0.29) is 5.95 Å². The van der Waals surface area contributed by atoms with Crippen LogP contribution < -0.4 is 16.2 Å². The van der Waals surface area contributed by atoms with Crippen LogP contribution in [0.4, 0.5) is 16.2 Å². The highest BCUT2D eigenvalue weighted by Gasteiger charge is 2.39. The summed E-state index contributed by atoms with van der Waals surface area (Å²) in [6.07, 6.45) is 6.53. The lowest BCUT2D eigenvalue weighted by atomic mass is 9.88. The number of fused-ring (bicyclic) bond motifs is 2. The highest BCUT2D eigenvalue weighted by molar-refractivity contribution is 5.42. The first-order chi connectivity index (χ1) is 9.17. The zero-order valence-electron chi connectivity index (χ0n) is 11.1. The number of hydrogen-bond acceptors (Lipinski definition) is 5. The maximum absolute atomic E-state index is 13.8. The Bertz CT molecular complexity index is 466. The monoisotopic (exact) mass is 265 g/mol. The first kappa shape index (κ1) is 12.6. The molecular weight excluding hydrogens is 245 g/mol. The number of nitrogens with zero attached hydrogens (tertiary/aromatic N) is 3. The van der Waals surface area contributed by atoms with Crippen molar-refractivity contribution in [1.82, 2.24) is 9.97 Å². The molecule has 3 atom stereocenters. The molecule has 0 amide bonds. The van der Waals surface area contributed by atoms with Crippen LogP contribution in [0.15, 0.2) is 6.20 Å². The second-order valence-corrected chi connectivity index (χ2v) is 5.82. The molecular formula is C13H20FN5. The Hall–Kier alpha value is -1.43. The molecule has 1 heterocycles. The third-order valence-electron chi connectivity index (χ3n) is 4.61. The predicted octanol–water partition coefficient (Wildman–Crippen LogP) is 1.77. The van der Waals surface area contributed by atoms with Crippen molar-refractivity contribution in [2.24, 2.45) is 23.6 Å². The number of nitrogens with two attached hydrogens (primary N) is 1. The van der Waals surface area contributed by atoms with E-state index in [4.69, 9.17) is 5.84 Å². The van der Waals surface area contributed by atoms with Gasteiger partial charge in [0.1, 0.15) is 0 Å². The molecule has 2 aliphatic carbocycles. The number of hydrogen-bond donors (Lipinski definition) is 2. The predicted molar refractivity (Wildman–Crippen MR) is 72.0 cm³/mol. The number of anilines is 2. The van der Waals surface area contributed by atoms with Crippen LogP contribution in [0.1, 0.15) is 25.7 Å². The van der Waals surface area contributed by atoms with E-state index in [9.17, 15) is 4.39 Å². The summed E-state index contributed by atoms with van der Waals surface area (Å²) in [5, 5.41) is 0. The molecule has 3 unspecified atom stereocenters. The van der Waals surface area contributed by atoms with Crippen molar-refractivity contribution in [3.8, 4) is 0 Å². The van der Waals surface area contributed by atoms with Crippen LogP contribution in [0.2, 0.25) is 0 Å². The standard InChI is InChI=1S/C13H20FN5/c1-19(7-10-5-8-2-3-9(10)4-8)12-11(14)6-16-13(17-12)18-15/h6,8-10H,2-5,7,15H2,1H3,(H,16,17,18). The molecule has 3 rings (SSSR count). The Kier molecular flexibility index (Phi) is 3.26. The molecule has 5 nitrogen and oxygen atoms in total. The van der Waals surface area contributed by atoms with Gasteiger partial charge in [-0.05, 0) is 37.0 Å². The van der Waals surface area contributed by atoms with E-state index in [1.165, 1.54) is 25.7 Å². The van der Waals surface area contributed by atoms with Gasteiger partial charge in [-0.15, -0.1) is 0 Å². The van der Waals surface area contributed by atoms with Gasteiger partial charge in [-0.1, -0.05) is 6.42 Å². The van der Waals surface area contributed by atoms with Gasteiger partial charge in [-0.3, -0.25) is 5.43 Å². The zero-order chi connectivity index (χ0) is 13.4. The minimum absolute atomic E-state index is 0.246. The minimum atomic E-state index is -0.398. The number of hydrazine groups is 1. The van der Waals surface area contributed by atoms with Gasteiger partial charge in [0.15, 0.2) is 11.6 Å². The average molecular weight is 265 g/mol. The molecule has 2 saturated carbocycles. The smallest absolute Gasteiger partial charge is 0.239 e. The fraction of sp³-hybridized carbons (Fsp3) is 0.692. The average Bonchev–Trinajstić information content (AvgIpc) is 3.01. The number of halogens is 1. The van der Waals surface area contributed by atoms with Crippen molar-refractivity contribution in [2.45, 2.75) is 25.7 Å². The summed E-state index contributed by atoms with van der Waals surface area (Å²) in [4.78, 5) is 9.75. The van der Waals surface area contributed by atoms with Crippen molar-refractivity contribution in [3.05, 3.63) is 12.0 Å². The van der Waals surface area contributed by atoms with Crippen molar-refractivity contribution >= 4 is 11.8 Å². The highest BCUT2D eigenvalue weighted by Crippen LogP contribution is 2.48. The number of aromatic nitrogens is 2. The molecule has 0 aromatic carbocycles. The Morgan fingerprint density at radius 3 is 2.95 bits per heavy atom. The van der Waals surface area contributed by atoms with E-state index in [1.54, 1.807) is 0 Å². The Balaban J connectivity index is 1.71. The second-order valence-electron chi connectivity index (χ2n) is 5.82. The SMILES string of the molecule is CN(CC1CC2CCC1C2)c1nc(NN)ncc1F. The summed E-state index contributed by atoms with van der Waals surface area (Å²) >= 11 is 0. The molecule has 1 aromatic rings. The summed E-state index contributed by atoms with van der Waals surface area (Å²) < 4.78 is 13.8. The number of nitrogens with one attached hydrogen (secondary N) is 1. The maximum Gasteiger partial charge on any atom is 0.239 e. The summed E-state index contributed by atoms with van der Waals surface area (Å²) in [6.45, 7) is 0.860. The fourth-order valence-corrected chi connectivity index (χ4v) is 3.73. The van der Waals surface area contributed by atoms with Gasteiger partial charge in [0.05, 0.1) is 6.20 Å². The molecule has 2 bridgehead atoms. The first-order valence-corrected chi connectivity index (χ1v) is 6.87. The van der Waals surface area contributed by atoms with Gasteiger partial charge >= 0.3 is 0 Å². The van der Waals surface area contributed by atoms with Crippen LogP contribution in [0, 0.1) is 23.6 Å². The topological polar surface area (TPSA) is 67.1 Å². The quantitative estimate of drug-likeness (QED) is 0.641. The molecule has 0 radical (unpaired) electrons. The lowest BCUT2D eigenvalue weighted by molar-refractivity contribution is 0.336.